The quantitative estimate of drug-likeness (QED) is 0.815. The first-order valence-electron chi connectivity index (χ1n) is 9.02. The van der Waals surface area contributed by atoms with Crippen molar-refractivity contribution in [3.63, 3.8) is 0 Å². The Balaban J connectivity index is 1.74. The van der Waals surface area contributed by atoms with Crippen molar-refractivity contribution < 1.29 is 5.11 Å². The van der Waals surface area contributed by atoms with Crippen molar-refractivity contribution in [3.8, 4) is 0 Å². The van der Waals surface area contributed by atoms with E-state index in [9.17, 15) is 5.11 Å². The fourth-order valence-corrected chi connectivity index (χ4v) is 4.98. The van der Waals surface area contributed by atoms with Crippen LogP contribution in [0.4, 0.5) is 0 Å². The predicted molar refractivity (Wildman–Crippen MR) is 88.3 cm³/mol. The third-order valence-electron chi connectivity index (χ3n) is 6.17. The Morgan fingerprint density at radius 2 is 1.71 bits per heavy atom. The van der Waals surface area contributed by atoms with Gasteiger partial charge >= 0.3 is 0 Å². The Morgan fingerprint density at radius 3 is 2.48 bits per heavy atom. The van der Waals surface area contributed by atoms with Crippen molar-refractivity contribution in [2.75, 3.05) is 0 Å². The van der Waals surface area contributed by atoms with E-state index in [1.165, 1.54) is 44.1 Å². The molecule has 2 aliphatic rings. The lowest BCUT2D eigenvalue weighted by atomic mass is 9.63. The van der Waals surface area contributed by atoms with E-state index < -0.39 is 0 Å². The molecule has 0 aliphatic heterocycles. The highest BCUT2D eigenvalue weighted by Crippen LogP contribution is 2.46. The molecular formula is C20H30O. The predicted octanol–water partition coefficient (Wildman–Crippen LogP) is 5.15. The second-order valence-corrected chi connectivity index (χ2v) is 7.27. The van der Waals surface area contributed by atoms with Crippen LogP contribution in [0.3, 0.4) is 0 Å². The Kier molecular flexibility index (Phi) is 5.00. The number of hydrogen-bond donors (Lipinski definition) is 1. The Hall–Kier alpha value is -0.820. The molecule has 116 valence electrons. The molecule has 0 saturated heterocycles. The molecule has 2 fully saturated rings. The maximum atomic E-state index is 10.6. The molecule has 0 heterocycles. The van der Waals surface area contributed by atoms with Gasteiger partial charge in [0.1, 0.15) is 0 Å². The van der Waals surface area contributed by atoms with Gasteiger partial charge in [0, 0.05) is 0 Å². The molecule has 2 saturated carbocycles. The van der Waals surface area contributed by atoms with Crippen LogP contribution >= 0.6 is 0 Å². The minimum atomic E-state index is -0.0536. The summed E-state index contributed by atoms with van der Waals surface area (Å²) in [4.78, 5) is 0. The van der Waals surface area contributed by atoms with Crippen LogP contribution in [0.15, 0.2) is 30.3 Å². The lowest BCUT2D eigenvalue weighted by molar-refractivity contribution is -0.00219. The Bertz CT molecular complexity index is 427. The van der Waals surface area contributed by atoms with Gasteiger partial charge in [-0.1, -0.05) is 62.9 Å². The minimum Gasteiger partial charge on any atom is -0.393 e. The van der Waals surface area contributed by atoms with Gasteiger partial charge in [-0.2, -0.15) is 0 Å². The van der Waals surface area contributed by atoms with Crippen LogP contribution in [0.5, 0.6) is 0 Å². The number of benzene rings is 1. The summed E-state index contributed by atoms with van der Waals surface area (Å²) in [5.41, 5.74) is 1.48. The molecule has 0 bridgehead atoms. The zero-order valence-corrected chi connectivity index (χ0v) is 13.4. The average Bonchev–Trinajstić information content (AvgIpc) is 2.56. The van der Waals surface area contributed by atoms with Crippen LogP contribution in [0, 0.1) is 17.8 Å². The van der Waals surface area contributed by atoms with Crippen LogP contribution in [0.25, 0.3) is 0 Å². The van der Waals surface area contributed by atoms with Crippen molar-refractivity contribution >= 4 is 0 Å². The van der Waals surface area contributed by atoms with Gasteiger partial charge in [-0.25, -0.2) is 0 Å². The Morgan fingerprint density at radius 1 is 0.952 bits per heavy atom. The molecule has 0 spiro atoms. The summed E-state index contributed by atoms with van der Waals surface area (Å²) in [6.07, 6.45) is 10.1. The van der Waals surface area contributed by atoms with Gasteiger partial charge in [0.2, 0.25) is 0 Å². The normalized spacial score (nSPS) is 37.3. The third-order valence-corrected chi connectivity index (χ3v) is 6.17. The fraction of sp³-hybridized carbons (Fsp3) is 0.700. The monoisotopic (exact) mass is 286 g/mol. The average molecular weight is 286 g/mol. The number of hydrogen-bond acceptors (Lipinski definition) is 1. The summed E-state index contributed by atoms with van der Waals surface area (Å²) in [5, 5.41) is 10.6. The first-order valence-corrected chi connectivity index (χ1v) is 9.02. The van der Waals surface area contributed by atoms with E-state index in [0.717, 1.165) is 24.7 Å². The molecule has 1 nitrogen and oxygen atoms in total. The summed E-state index contributed by atoms with van der Waals surface area (Å²) in [7, 11) is 0. The maximum absolute atomic E-state index is 10.6. The van der Waals surface area contributed by atoms with Crippen LogP contribution in [0.1, 0.15) is 69.8 Å². The van der Waals surface area contributed by atoms with E-state index in [0.29, 0.717) is 11.8 Å². The smallest absolute Gasteiger partial charge is 0.0571 e. The van der Waals surface area contributed by atoms with E-state index in [-0.39, 0.29) is 6.10 Å². The number of rotatable bonds is 3. The molecular weight excluding hydrogens is 256 g/mol. The third kappa shape index (κ3) is 3.34. The zero-order valence-electron chi connectivity index (χ0n) is 13.4. The van der Waals surface area contributed by atoms with Crippen LogP contribution in [-0.4, -0.2) is 11.2 Å². The van der Waals surface area contributed by atoms with Crippen molar-refractivity contribution in [2.45, 2.75) is 70.3 Å². The molecule has 21 heavy (non-hydrogen) atoms. The molecule has 3 rings (SSSR count). The van der Waals surface area contributed by atoms with Gasteiger partial charge < -0.3 is 5.11 Å². The molecule has 0 aromatic heterocycles. The van der Waals surface area contributed by atoms with E-state index in [1.807, 2.05) is 0 Å². The summed E-state index contributed by atoms with van der Waals surface area (Å²) in [6.45, 7) is 2.34. The first kappa shape index (κ1) is 15.1. The summed E-state index contributed by atoms with van der Waals surface area (Å²) in [6, 6.07) is 11.0. The second-order valence-electron chi connectivity index (χ2n) is 7.27. The summed E-state index contributed by atoms with van der Waals surface area (Å²) in [5.74, 6) is 2.83. The fourth-order valence-electron chi connectivity index (χ4n) is 4.98. The van der Waals surface area contributed by atoms with Gasteiger partial charge in [0.25, 0.3) is 0 Å². The lowest BCUT2D eigenvalue weighted by Gasteiger charge is -2.43. The molecule has 0 amide bonds. The highest BCUT2D eigenvalue weighted by molar-refractivity contribution is 5.20. The largest absolute Gasteiger partial charge is 0.393 e. The van der Waals surface area contributed by atoms with Gasteiger partial charge in [0.15, 0.2) is 0 Å². The van der Waals surface area contributed by atoms with E-state index in [1.54, 1.807) is 0 Å². The molecule has 5 unspecified atom stereocenters. The highest BCUT2D eigenvalue weighted by Gasteiger charge is 2.38. The SMILES string of the molecule is CCC1CCCCC1C1CC(c2ccccc2)CCC1O. The summed E-state index contributed by atoms with van der Waals surface area (Å²) < 4.78 is 0. The number of aliphatic hydroxyl groups is 1. The van der Waals surface area contributed by atoms with Crippen molar-refractivity contribution in [1.82, 2.24) is 0 Å². The maximum Gasteiger partial charge on any atom is 0.0571 e. The minimum absolute atomic E-state index is 0.0536. The highest BCUT2D eigenvalue weighted by atomic mass is 16.3. The van der Waals surface area contributed by atoms with Gasteiger partial charge in [0.05, 0.1) is 6.10 Å². The van der Waals surface area contributed by atoms with E-state index >= 15 is 0 Å². The zero-order chi connectivity index (χ0) is 14.7. The molecule has 1 N–H and O–H groups in total. The standard InChI is InChI=1S/C20H30O/c1-2-15-8-6-7-11-18(15)19-14-17(12-13-20(19)21)16-9-4-3-5-10-16/h3-5,9-10,15,17-21H,2,6-8,11-14H2,1H3. The van der Waals surface area contributed by atoms with Gasteiger partial charge in [-0.05, 0) is 54.9 Å². The van der Waals surface area contributed by atoms with E-state index in [2.05, 4.69) is 37.3 Å². The topological polar surface area (TPSA) is 20.2 Å². The van der Waals surface area contributed by atoms with Gasteiger partial charge in [-0.3, -0.25) is 0 Å². The van der Waals surface area contributed by atoms with Crippen LogP contribution in [0.2, 0.25) is 0 Å². The van der Waals surface area contributed by atoms with Crippen molar-refractivity contribution in [2.24, 2.45) is 17.8 Å². The van der Waals surface area contributed by atoms with Crippen molar-refractivity contribution in [1.29, 1.82) is 0 Å². The second kappa shape index (κ2) is 6.96. The summed E-state index contributed by atoms with van der Waals surface area (Å²) >= 11 is 0. The van der Waals surface area contributed by atoms with E-state index in [4.69, 9.17) is 0 Å². The molecule has 1 aromatic carbocycles. The lowest BCUT2D eigenvalue weighted by Crippen LogP contribution is -2.38. The number of aliphatic hydroxyl groups excluding tert-OH is 1. The Labute approximate surface area is 129 Å². The van der Waals surface area contributed by atoms with Crippen LogP contribution in [-0.2, 0) is 0 Å². The van der Waals surface area contributed by atoms with Crippen molar-refractivity contribution in [3.05, 3.63) is 35.9 Å². The van der Waals surface area contributed by atoms with Crippen LogP contribution < -0.4 is 0 Å². The molecule has 1 heteroatoms. The molecule has 0 radical (unpaired) electrons. The molecule has 1 aromatic rings. The van der Waals surface area contributed by atoms with Gasteiger partial charge in [-0.15, -0.1) is 0 Å². The molecule has 2 aliphatic carbocycles. The molecule has 5 atom stereocenters. The first-order chi connectivity index (χ1) is 10.3.